The Balaban J connectivity index is 1.50. The van der Waals surface area contributed by atoms with Crippen molar-refractivity contribution in [3.05, 3.63) is 126 Å². The molecule has 7 nitrogen and oxygen atoms in total. The van der Waals surface area contributed by atoms with Crippen LogP contribution in [0.1, 0.15) is 5.56 Å². The van der Waals surface area contributed by atoms with Gasteiger partial charge in [-0.1, -0.05) is 18.7 Å². The minimum Gasteiger partial charge on any atom is -0.489 e. The number of pyridine rings is 1. The number of benzene rings is 3. The predicted octanol–water partition coefficient (Wildman–Crippen LogP) is 5.16. The van der Waals surface area contributed by atoms with E-state index in [0.717, 1.165) is 6.08 Å². The Bertz CT molecular complexity index is 1670. The van der Waals surface area contributed by atoms with Gasteiger partial charge in [0.25, 0.3) is 0 Å². The topological polar surface area (TPSA) is 78.2 Å². The molecule has 0 spiro atoms. The van der Waals surface area contributed by atoms with Gasteiger partial charge in [-0.15, -0.1) is 0 Å². The van der Waals surface area contributed by atoms with Crippen molar-refractivity contribution in [1.82, 2.24) is 14.1 Å². The van der Waals surface area contributed by atoms with Gasteiger partial charge in [-0.3, -0.25) is 18.9 Å². The molecule has 2 aromatic heterocycles. The number of anilines is 1. The molecule has 1 amide bonds. The summed E-state index contributed by atoms with van der Waals surface area (Å²) in [6.07, 6.45) is 4.34. The monoisotopic (exact) mass is 498 g/mol. The molecule has 1 N–H and O–H groups in total. The number of hydrogen-bond acceptors (Lipinski definition) is 4. The number of amides is 1. The van der Waals surface area contributed by atoms with E-state index in [4.69, 9.17) is 4.74 Å². The van der Waals surface area contributed by atoms with E-state index in [0.29, 0.717) is 33.8 Å². The van der Waals surface area contributed by atoms with Gasteiger partial charge in [0, 0.05) is 11.9 Å². The summed E-state index contributed by atoms with van der Waals surface area (Å²) in [5.74, 6) is -1.35. The number of carbonyl (C=O) groups excluding carboxylic acids is 1. The van der Waals surface area contributed by atoms with Crippen LogP contribution in [0.2, 0.25) is 0 Å². The molecule has 0 fully saturated rings. The second-order valence-corrected chi connectivity index (χ2v) is 8.04. The zero-order valence-corrected chi connectivity index (χ0v) is 19.4. The predicted molar refractivity (Wildman–Crippen MR) is 136 cm³/mol. The molecule has 0 saturated heterocycles. The third kappa shape index (κ3) is 4.62. The van der Waals surface area contributed by atoms with Crippen molar-refractivity contribution in [2.45, 2.75) is 6.61 Å². The summed E-state index contributed by atoms with van der Waals surface area (Å²) in [5.41, 5.74) is 2.27. The number of imidazole rings is 1. The van der Waals surface area contributed by atoms with Crippen molar-refractivity contribution in [2.75, 3.05) is 5.32 Å². The van der Waals surface area contributed by atoms with Gasteiger partial charge in [-0.2, -0.15) is 0 Å². The summed E-state index contributed by atoms with van der Waals surface area (Å²) < 4.78 is 36.4. The SMILES string of the molecule is C=CC(=O)Nc1cccc(-n2c(=O)n(-c3ccc(OCc4c(F)cccc4F)cc3)c3cnccc32)c1. The van der Waals surface area contributed by atoms with Crippen molar-refractivity contribution in [2.24, 2.45) is 0 Å². The van der Waals surface area contributed by atoms with E-state index in [2.05, 4.69) is 16.9 Å². The van der Waals surface area contributed by atoms with E-state index in [-0.39, 0.29) is 23.8 Å². The lowest BCUT2D eigenvalue weighted by atomic mass is 10.2. The second-order valence-electron chi connectivity index (χ2n) is 8.04. The summed E-state index contributed by atoms with van der Waals surface area (Å²) in [4.78, 5) is 29.5. The summed E-state index contributed by atoms with van der Waals surface area (Å²) >= 11 is 0. The number of fused-ring (bicyclic) bond motifs is 1. The van der Waals surface area contributed by atoms with E-state index in [1.54, 1.807) is 67.0 Å². The molecule has 0 radical (unpaired) electrons. The molecule has 9 heteroatoms. The number of hydrogen-bond donors (Lipinski definition) is 1. The minimum atomic E-state index is -0.684. The first-order valence-electron chi connectivity index (χ1n) is 11.2. The first-order valence-corrected chi connectivity index (χ1v) is 11.2. The molecule has 37 heavy (non-hydrogen) atoms. The van der Waals surface area contributed by atoms with Gasteiger partial charge < -0.3 is 10.1 Å². The number of carbonyl (C=O) groups is 1. The first kappa shape index (κ1) is 23.7. The van der Waals surface area contributed by atoms with Gasteiger partial charge in [0.05, 0.1) is 34.2 Å². The van der Waals surface area contributed by atoms with Crippen LogP contribution in [0, 0.1) is 11.6 Å². The quantitative estimate of drug-likeness (QED) is 0.315. The highest BCUT2D eigenvalue weighted by molar-refractivity contribution is 5.99. The number of halogens is 2. The minimum absolute atomic E-state index is 0.163. The van der Waals surface area contributed by atoms with Gasteiger partial charge in [-0.05, 0) is 66.7 Å². The maximum absolute atomic E-state index is 13.9. The van der Waals surface area contributed by atoms with Crippen LogP contribution < -0.4 is 15.7 Å². The normalized spacial score (nSPS) is 10.9. The summed E-state index contributed by atoms with van der Waals surface area (Å²) in [6.45, 7) is 3.17. The van der Waals surface area contributed by atoms with E-state index in [1.165, 1.54) is 27.3 Å². The molecule has 3 aromatic carbocycles. The van der Waals surface area contributed by atoms with Crippen molar-refractivity contribution < 1.29 is 18.3 Å². The van der Waals surface area contributed by atoms with Gasteiger partial charge >= 0.3 is 5.69 Å². The average Bonchev–Trinajstić information content (AvgIpc) is 3.20. The van der Waals surface area contributed by atoms with Crippen LogP contribution in [0.25, 0.3) is 22.4 Å². The van der Waals surface area contributed by atoms with Gasteiger partial charge in [0.2, 0.25) is 5.91 Å². The van der Waals surface area contributed by atoms with E-state index in [9.17, 15) is 18.4 Å². The Kier molecular flexibility index (Phi) is 6.34. The van der Waals surface area contributed by atoms with Gasteiger partial charge in [0.15, 0.2) is 0 Å². The zero-order chi connectivity index (χ0) is 25.9. The van der Waals surface area contributed by atoms with Gasteiger partial charge in [-0.25, -0.2) is 13.6 Å². The standard InChI is InChI=1S/C28H20F2N4O3/c1-2-27(35)32-18-5-3-6-20(15-18)34-25-13-14-31-16-26(25)33(28(34)36)19-9-11-21(12-10-19)37-17-22-23(29)7-4-8-24(22)30/h2-16H,1,17H2,(H,32,35). The number of ether oxygens (including phenoxy) is 1. The highest BCUT2D eigenvalue weighted by Crippen LogP contribution is 2.24. The summed E-state index contributed by atoms with van der Waals surface area (Å²) in [7, 11) is 0. The number of rotatable bonds is 7. The fourth-order valence-corrected chi connectivity index (χ4v) is 3.98. The fraction of sp³-hybridized carbons (Fsp3) is 0.0357. The maximum Gasteiger partial charge on any atom is 0.338 e. The summed E-state index contributed by atoms with van der Waals surface area (Å²) in [5, 5.41) is 2.69. The Morgan fingerprint density at radius 2 is 1.65 bits per heavy atom. The van der Waals surface area contributed by atoms with Gasteiger partial charge in [0.1, 0.15) is 24.0 Å². The highest BCUT2D eigenvalue weighted by Gasteiger charge is 2.17. The van der Waals surface area contributed by atoms with Crippen LogP contribution in [0.4, 0.5) is 14.5 Å². The maximum atomic E-state index is 13.9. The third-order valence-corrected chi connectivity index (χ3v) is 5.74. The summed E-state index contributed by atoms with van der Waals surface area (Å²) in [6, 6.07) is 18.8. The Morgan fingerprint density at radius 3 is 2.38 bits per heavy atom. The number of nitrogens with zero attached hydrogens (tertiary/aromatic N) is 3. The van der Waals surface area contributed by atoms with E-state index >= 15 is 0 Å². The molecule has 0 unspecified atom stereocenters. The average molecular weight is 498 g/mol. The van der Waals surface area contributed by atoms with Crippen molar-refractivity contribution >= 4 is 22.6 Å². The molecule has 0 atom stereocenters. The first-order chi connectivity index (χ1) is 18.0. The Hall–Kier alpha value is -5.05. The van der Waals surface area contributed by atoms with Crippen molar-refractivity contribution in [3.8, 4) is 17.1 Å². The fourth-order valence-electron chi connectivity index (χ4n) is 3.98. The molecule has 0 aliphatic carbocycles. The molecular weight excluding hydrogens is 478 g/mol. The molecule has 5 rings (SSSR count). The molecule has 0 aliphatic rings. The van der Waals surface area contributed by atoms with Crippen LogP contribution >= 0.6 is 0 Å². The van der Waals surface area contributed by atoms with Crippen LogP contribution in [-0.2, 0) is 11.4 Å². The Morgan fingerprint density at radius 1 is 0.946 bits per heavy atom. The second kappa shape index (κ2) is 9.90. The van der Waals surface area contributed by atoms with Crippen LogP contribution in [-0.4, -0.2) is 20.0 Å². The molecule has 0 bridgehead atoms. The molecule has 2 heterocycles. The Labute approximate surface area is 209 Å². The molecule has 5 aromatic rings. The lowest BCUT2D eigenvalue weighted by Gasteiger charge is -2.09. The van der Waals surface area contributed by atoms with Crippen molar-refractivity contribution in [1.29, 1.82) is 0 Å². The highest BCUT2D eigenvalue weighted by atomic mass is 19.1. The molecule has 0 saturated carbocycles. The molecule has 184 valence electrons. The number of nitrogens with one attached hydrogen (secondary N) is 1. The van der Waals surface area contributed by atoms with E-state index < -0.39 is 11.6 Å². The van der Waals surface area contributed by atoms with E-state index in [1.807, 2.05) is 0 Å². The van der Waals surface area contributed by atoms with Crippen LogP contribution in [0.3, 0.4) is 0 Å². The largest absolute Gasteiger partial charge is 0.489 e. The van der Waals surface area contributed by atoms with Crippen LogP contribution in [0.5, 0.6) is 5.75 Å². The van der Waals surface area contributed by atoms with Crippen molar-refractivity contribution in [3.63, 3.8) is 0 Å². The lowest BCUT2D eigenvalue weighted by molar-refractivity contribution is -0.111. The smallest absolute Gasteiger partial charge is 0.338 e. The lowest BCUT2D eigenvalue weighted by Crippen LogP contribution is -2.22. The molecular formula is C28H20F2N4O3. The van der Waals surface area contributed by atoms with Crippen LogP contribution in [0.15, 0.2) is 103 Å². The number of aromatic nitrogens is 3. The zero-order valence-electron chi connectivity index (χ0n) is 19.4. The molecule has 0 aliphatic heterocycles. The third-order valence-electron chi connectivity index (χ3n) is 5.74.